The van der Waals surface area contributed by atoms with E-state index in [0.29, 0.717) is 25.9 Å². The number of aromatic amines is 1. The van der Waals surface area contributed by atoms with Crippen molar-refractivity contribution in [2.24, 2.45) is 0 Å². The molecule has 3 heterocycles. The van der Waals surface area contributed by atoms with Crippen LogP contribution in [0.25, 0.3) is 10.9 Å². The molecule has 148 valence electrons. The summed E-state index contributed by atoms with van der Waals surface area (Å²) in [6, 6.07) is 17.6. The van der Waals surface area contributed by atoms with Gasteiger partial charge in [0, 0.05) is 23.7 Å². The fourth-order valence-electron chi connectivity index (χ4n) is 5.11. The predicted molar refractivity (Wildman–Crippen MR) is 110 cm³/mol. The quantitative estimate of drug-likeness (QED) is 0.689. The van der Waals surface area contributed by atoms with E-state index in [1.54, 1.807) is 4.90 Å². The molecule has 5 heteroatoms. The van der Waals surface area contributed by atoms with Crippen molar-refractivity contribution in [3.8, 4) is 0 Å². The largest absolute Gasteiger partial charge is 0.464 e. The van der Waals surface area contributed by atoms with Crippen molar-refractivity contribution in [3.05, 3.63) is 71.4 Å². The highest BCUT2D eigenvalue weighted by molar-refractivity contribution is 5.93. The molecule has 1 aromatic heterocycles. The molecule has 1 amide bonds. The van der Waals surface area contributed by atoms with Gasteiger partial charge in [-0.15, -0.1) is 0 Å². The van der Waals surface area contributed by atoms with Crippen LogP contribution >= 0.6 is 0 Å². The summed E-state index contributed by atoms with van der Waals surface area (Å²) in [6.07, 6.45) is 2.30. The zero-order valence-electron chi connectivity index (χ0n) is 16.5. The molecule has 2 atom stereocenters. The number of esters is 1. The summed E-state index contributed by atoms with van der Waals surface area (Å²) >= 11 is 0. The summed E-state index contributed by atoms with van der Waals surface area (Å²) in [5.41, 5.74) is 3.56. The SMILES string of the molecule is CCCOC(=O)[C@@H]1Cc2c([nH]c3ccccc23)[C@]2(c3ccccc3)CCC(=O)N12. The number of rotatable bonds is 4. The van der Waals surface area contributed by atoms with Gasteiger partial charge in [0.15, 0.2) is 0 Å². The van der Waals surface area contributed by atoms with Gasteiger partial charge in [-0.1, -0.05) is 55.5 Å². The molecular weight excluding hydrogens is 364 g/mol. The van der Waals surface area contributed by atoms with E-state index < -0.39 is 11.6 Å². The van der Waals surface area contributed by atoms with Crippen LogP contribution in [0.4, 0.5) is 0 Å². The Morgan fingerprint density at radius 3 is 2.72 bits per heavy atom. The Labute approximate surface area is 169 Å². The molecule has 1 saturated heterocycles. The number of para-hydroxylation sites is 1. The fourth-order valence-corrected chi connectivity index (χ4v) is 5.11. The van der Waals surface area contributed by atoms with Gasteiger partial charge in [-0.05, 0) is 30.0 Å². The first-order valence-corrected chi connectivity index (χ1v) is 10.3. The third kappa shape index (κ3) is 2.53. The lowest BCUT2D eigenvalue weighted by Gasteiger charge is -2.46. The Hall–Kier alpha value is -3.08. The molecule has 1 N–H and O–H groups in total. The summed E-state index contributed by atoms with van der Waals surface area (Å²) in [4.78, 5) is 31.6. The molecule has 0 saturated carbocycles. The van der Waals surface area contributed by atoms with Crippen LogP contribution in [-0.4, -0.2) is 34.4 Å². The lowest BCUT2D eigenvalue weighted by Crippen LogP contribution is -2.57. The standard InChI is InChI=1S/C24H24N2O3/c1-2-14-29-23(28)20-15-18-17-10-6-7-11-19(17)25-22(18)24(13-12-21(27)26(20)24)16-8-4-3-5-9-16/h3-11,20,25H,2,12-15H2,1H3/t20-,24+/m0/s1. The van der Waals surface area contributed by atoms with Gasteiger partial charge in [-0.3, -0.25) is 4.79 Å². The number of fused-ring (bicyclic) bond motifs is 5. The third-order valence-corrected chi connectivity index (χ3v) is 6.29. The molecule has 2 aromatic carbocycles. The molecule has 2 aliphatic rings. The zero-order chi connectivity index (χ0) is 20.0. The summed E-state index contributed by atoms with van der Waals surface area (Å²) in [5, 5.41) is 1.12. The molecule has 0 aliphatic carbocycles. The second kappa shape index (κ2) is 6.76. The minimum atomic E-state index is -0.666. The molecule has 3 aromatic rings. The van der Waals surface area contributed by atoms with Crippen LogP contribution in [0, 0.1) is 0 Å². The molecule has 2 aliphatic heterocycles. The Kier molecular flexibility index (Phi) is 4.19. The Morgan fingerprint density at radius 1 is 1.17 bits per heavy atom. The highest BCUT2D eigenvalue weighted by atomic mass is 16.5. The fraction of sp³-hybridized carbons (Fsp3) is 0.333. The molecule has 0 unspecified atom stereocenters. The smallest absolute Gasteiger partial charge is 0.329 e. The Balaban J connectivity index is 1.77. The van der Waals surface area contributed by atoms with Crippen molar-refractivity contribution >= 4 is 22.8 Å². The molecule has 0 radical (unpaired) electrons. The van der Waals surface area contributed by atoms with E-state index in [1.165, 1.54) is 0 Å². The number of hydrogen-bond acceptors (Lipinski definition) is 3. The van der Waals surface area contributed by atoms with E-state index in [-0.39, 0.29) is 11.9 Å². The number of ether oxygens (including phenoxy) is 1. The number of hydrogen-bond donors (Lipinski definition) is 1. The molecule has 5 rings (SSSR count). The van der Waals surface area contributed by atoms with Crippen molar-refractivity contribution in [1.29, 1.82) is 0 Å². The number of benzene rings is 2. The molecule has 1 fully saturated rings. The number of nitrogens with zero attached hydrogens (tertiary/aromatic N) is 1. The van der Waals surface area contributed by atoms with Crippen molar-refractivity contribution in [1.82, 2.24) is 9.88 Å². The van der Waals surface area contributed by atoms with E-state index in [9.17, 15) is 9.59 Å². The summed E-state index contributed by atoms with van der Waals surface area (Å²) < 4.78 is 5.53. The Morgan fingerprint density at radius 2 is 1.93 bits per heavy atom. The van der Waals surface area contributed by atoms with Crippen LogP contribution in [0.15, 0.2) is 54.6 Å². The Bertz CT molecular complexity index is 1090. The van der Waals surface area contributed by atoms with Crippen molar-refractivity contribution in [3.63, 3.8) is 0 Å². The first-order chi connectivity index (χ1) is 14.2. The van der Waals surface area contributed by atoms with Crippen LogP contribution in [0.1, 0.15) is 43.0 Å². The normalized spacial score (nSPS) is 23.1. The van der Waals surface area contributed by atoms with E-state index in [4.69, 9.17) is 4.74 Å². The minimum Gasteiger partial charge on any atom is -0.464 e. The zero-order valence-corrected chi connectivity index (χ0v) is 16.5. The van der Waals surface area contributed by atoms with E-state index >= 15 is 0 Å². The van der Waals surface area contributed by atoms with E-state index in [1.807, 2.05) is 37.3 Å². The monoisotopic (exact) mass is 388 g/mol. The highest BCUT2D eigenvalue weighted by Crippen LogP contribution is 2.51. The van der Waals surface area contributed by atoms with Crippen LogP contribution in [0.5, 0.6) is 0 Å². The van der Waals surface area contributed by atoms with E-state index in [0.717, 1.165) is 34.1 Å². The number of H-pyrrole nitrogens is 1. The lowest BCUT2D eigenvalue weighted by molar-refractivity contribution is -0.157. The van der Waals surface area contributed by atoms with Crippen LogP contribution in [-0.2, 0) is 26.3 Å². The molecule has 29 heavy (non-hydrogen) atoms. The lowest BCUT2D eigenvalue weighted by atomic mass is 9.77. The predicted octanol–water partition coefficient (Wildman–Crippen LogP) is 3.91. The van der Waals surface area contributed by atoms with Crippen LogP contribution < -0.4 is 0 Å². The van der Waals surface area contributed by atoms with Gasteiger partial charge in [-0.25, -0.2) is 4.79 Å². The maximum atomic E-state index is 13.1. The summed E-state index contributed by atoms with van der Waals surface area (Å²) in [5.74, 6) is -0.296. The summed E-state index contributed by atoms with van der Waals surface area (Å²) in [6.45, 7) is 2.34. The first-order valence-electron chi connectivity index (χ1n) is 10.3. The van der Waals surface area contributed by atoms with Gasteiger partial charge >= 0.3 is 5.97 Å². The van der Waals surface area contributed by atoms with Gasteiger partial charge in [0.25, 0.3) is 0 Å². The number of amides is 1. The number of aromatic nitrogens is 1. The highest BCUT2D eigenvalue weighted by Gasteiger charge is 2.57. The maximum absolute atomic E-state index is 13.1. The minimum absolute atomic E-state index is 0.0107. The second-order valence-corrected chi connectivity index (χ2v) is 7.90. The number of carbonyl (C=O) groups is 2. The van der Waals surface area contributed by atoms with Crippen LogP contribution in [0.3, 0.4) is 0 Å². The molecule has 0 spiro atoms. The third-order valence-electron chi connectivity index (χ3n) is 6.29. The van der Waals surface area contributed by atoms with Gasteiger partial charge in [0.05, 0.1) is 12.3 Å². The molecular formula is C24H24N2O3. The van der Waals surface area contributed by atoms with Crippen molar-refractivity contribution < 1.29 is 14.3 Å². The van der Waals surface area contributed by atoms with Gasteiger partial charge < -0.3 is 14.6 Å². The maximum Gasteiger partial charge on any atom is 0.329 e. The van der Waals surface area contributed by atoms with Crippen molar-refractivity contribution in [2.45, 2.75) is 44.2 Å². The first kappa shape index (κ1) is 18.0. The summed E-state index contributed by atoms with van der Waals surface area (Å²) in [7, 11) is 0. The van der Waals surface area contributed by atoms with E-state index in [2.05, 4.69) is 29.2 Å². The average molecular weight is 388 g/mol. The van der Waals surface area contributed by atoms with Gasteiger partial charge in [0.2, 0.25) is 5.91 Å². The molecule has 0 bridgehead atoms. The average Bonchev–Trinajstić information content (AvgIpc) is 3.31. The number of carbonyl (C=O) groups excluding carboxylic acids is 2. The second-order valence-electron chi connectivity index (χ2n) is 7.90. The van der Waals surface area contributed by atoms with Crippen molar-refractivity contribution in [2.75, 3.05) is 6.61 Å². The van der Waals surface area contributed by atoms with Crippen LogP contribution in [0.2, 0.25) is 0 Å². The topological polar surface area (TPSA) is 62.4 Å². The van der Waals surface area contributed by atoms with Gasteiger partial charge in [-0.2, -0.15) is 0 Å². The van der Waals surface area contributed by atoms with Gasteiger partial charge in [0.1, 0.15) is 11.6 Å². The molecule has 5 nitrogen and oxygen atoms in total. The number of nitrogens with one attached hydrogen (secondary N) is 1.